The fourth-order valence-electron chi connectivity index (χ4n) is 4.90. The van der Waals surface area contributed by atoms with E-state index in [1.54, 1.807) is 6.20 Å². The predicted octanol–water partition coefficient (Wildman–Crippen LogP) is 4.00. The van der Waals surface area contributed by atoms with Crippen molar-refractivity contribution in [2.24, 2.45) is 5.92 Å². The number of aromatic nitrogens is 1. The number of rotatable bonds is 4. The number of amides is 2. The third-order valence-corrected chi connectivity index (χ3v) is 6.07. The Morgan fingerprint density at radius 1 is 0.867 bits per heavy atom. The first-order valence-corrected chi connectivity index (χ1v) is 10.4. The molecule has 2 aliphatic heterocycles. The van der Waals surface area contributed by atoms with Crippen LogP contribution in [0, 0.1) is 5.92 Å². The summed E-state index contributed by atoms with van der Waals surface area (Å²) in [5, 5.41) is 0. The Morgan fingerprint density at radius 3 is 2.27 bits per heavy atom. The van der Waals surface area contributed by atoms with Gasteiger partial charge in [0.2, 0.25) is 5.91 Å². The number of fused-ring (bicyclic) bond motifs is 2. The molecule has 0 aliphatic carbocycles. The lowest BCUT2D eigenvalue weighted by atomic mass is 9.76. The Hall–Kier alpha value is -3.47. The number of benzene rings is 2. The minimum atomic E-state index is -0.528. The average molecular weight is 397 g/mol. The molecule has 0 bridgehead atoms. The van der Waals surface area contributed by atoms with Gasteiger partial charge < -0.3 is 4.90 Å². The summed E-state index contributed by atoms with van der Waals surface area (Å²) in [4.78, 5) is 35.6. The zero-order valence-corrected chi connectivity index (χ0v) is 16.8. The van der Waals surface area contributed by atoms with E-state index in [0.29, 0.717) is 12.2 Å². The molecule has 0 N–H and O–H groups in total. The molecule has 3 atom stereocenters. The van der Waals surface area contributed by atoms with Crippen molar-refractivity contribution in [2.75, 3.05) is 16.3 Å². The molecule has 1 saturated heterocycles. The monoisotopic (exact) mass is 397 g/mol. The molecule has 5 nitrogen and oxygen atoms in total. The van der Waals surface area contributed by atoms with Crippen LogP contribution in [0.1, 0.15) is 30.5 Å². The fraction of sp³-hybridized carbons (Fsp3) is 0.240. The molecule has 0 spiro atoms. The second-order valence-corrected chi connectivity index (χ2v) is 7.81. The van der Waals surface area contributed by atoms with Crippen molar-refractivity contribution in [2.45, 2.75) is 25.3 Å². The molecule has 0 radical (unpaired) electrons. The molecule has 2 aliphatic rings. The number of imide groups is 1. The molecule has 2 amide bonds. The Labute approximate surface area is 176 Å². The van der Waals surface area contributed by atoms with E-state index >= 15 is 0 Å². The molecular formula is C25H23N3O2. The molecule has 0 saturated carbocycles. The minimum Gasteiger partial charge on any atom is -0.357 e. The highest BCUT2D eigenvalue weighted by atomic mass is 16.2. The van der Waals surface area contributed by atoms with Crippen LogP contribution in [0.3, 0.4) is 0 Å². The number of anilines is 2. The summed E-state index contributed by atoms with van der Waals surface area (Å²) >= 11 is 0. The highest BCUT2D eigenvalue weighted by molar-refractivity contribution is 6.25. The van der Waals surface area contributed by atoms with E-state index in [1.165, 1.54) is 4.90 Å². The Balaban J connectivity index is 1.71. The van der Waals surface area contributed by atoms with Crippen LogP contribution in [-0.2, 0) is 9.59 Å². The highest BCUT2D eigenvalue weighted by Crippen LogP contribution is 2.49. The van der Waals surface area contributed by atoms with Gasteiger partial charge >= 0.3 is 0 Å². The maximum atomic E-state index is 13.7. The number of carbonyl (C=O) groups excluding carboxylic acids is 2. The zero-order valence-electron chi connectivity index (χ0n) is 16.8. The normalized spacial score (nSPS) is 22.8. The Bertz CT molecular complexity index is 1080. The van der Waals surface area contributed by atoms with Crippen LogP contribution in [0.4, 0.5) is 11.4 Å². The van der Waals surface area contributed by atoms with E-state index in [-0.39, 0.29) is 17.7 Å². The molecule has 5 rings (SSSR count). The summed E-state index contributed by atoms with van der Waals surface area (Å²) < 4.78 is 0. The van der Waals surface area contributed by atoms with Crippen molar-refractivity contribution < 1.29 is 9.59 Å². The first kappa shape index (κ1) is 18.6. The fourth-order valence-corrected chi connectivity index (χ4v) is 4.90. The molecule has 1 fully saturated rings. The van der Waals surface area contributed by atoms with Crippen molar-refractivity contribution in [1.29, 1.82) is 0 Å². The Kier molecular flexibility index (Phi) is 4.58. The second-order valence-electron chi connectivity index (χ2n) is 7.81. The predicted molar refractivity (Wildman–Crippen MR) is 116 cm³/mol. The van der Waals surface area contributed by atoms with Crippen molar-refractivity contribution in [3.8, 4) is 0 Å². The van der Waals surface area contributed by atoms with Crippen LogP contribution >= 0.6 is 0 Å². The van der Waals surface area contributed by atoms with Gasteiger partial charge in [0.1, 0.15) is 6.04 Å². The lowest BCUT2D eigenvalue weighted by Gasteiger charge is -2.41. The number of hydrogen-bond acceptors (Lipinski definition) is 4. The first-order chi connectivity index (χ1) is 14.7. The SMILES string of the molecule is CCCN1c2cccnc2[C@H](c2ccccc2)[C@@H]2C(=O)N(c3ccccc3)C(=O)[C@@H]21. The van der Waals surface area contributed by atoms with E-state index in [0.717, 1.165) is 23.4 Å². The van der Waals surface area contributed by atoms with Gasteiger partial charge in [-0.1, -0.05) is 55.5 Å². The maximum absolute atomic E-state index is 13.7. The van der Waals surface area contributed by atoms with Gasteiger partial charge in [-0.15, -0.1) is 0 Å². The number of hydrogen-bond donors (Lipinski definition) is 0. The summed E-state index contributed by atoms with van der Waals surface area (Å²) in [7, 11) is 0. The van der Waals surface area contributed by atoms with Gasteiger partial charge in [-0.05, 0) is 36.2 Å². The molecule has 150 valence electrons. The van der Waals surface area contributed by atoms with E-state index in [1.807, 2.05) is 72.8 Å². The largest absolute Gasteiger partial charge is 0.357 e. The van der Waals surface area contributed by atoms with Crippen LogP contribution in [0.15, 0.2) is 79.0 Å². The van der Waals surface area contributed by atoms with Gasteiger partial charge in [-0.3, -0.25) is 14.6 Å². The molecule has 3 aromatic rings. The van der Waals surface area contributed by atoms with Crippen molar-refractivity contribution in [1.82, 2.24) is 4.98 Å². The molecule has 1 aromatic heterocycles. The third kappa shape index (κ3) is 2.73. The van der Waals surface area contributed by atoms with Crippen LogP contribution in [-0.4, -0.2) is 29.4 Å². The lowest BCUT2D eigenvalue weighted by molar-refractivity contribution is -0.122. The molecule has 3 heterocycles. The van der Waals surface area contributed by atoms with Crippen LogP contribution in [0.5, 0.6) is 0 Å². The smallest absolute Gasteiger partial charge is 0.257 e. The number of carbonyl (C=O) groups is 2. The summed E-state index contributed by atoms with van der Waals surface area (Å²) in [6, 6.07) is 22.6. The summed E-state index contributed by atoms with van der Waals surface area (Å²) in [5.41, 5.74) is 3.46. The quantitative estimate of drug-likeness (QED) is 0.625. The standard InChI is InChI=1S/C25H23N3O2/c1-2-16-27-19-14-9-15-26-22(19)20(17-10-5-3-6-11-17)21-23(27)25(30)28(24(21)29)18-12-7-4-8-13-18/h3-15,20-21,23H,2,16H2,1H3/t20-,21+,23-/m1/s1. The highest BCUT2D eigenvalue weighted by Gasteiger charge is 2.57. The first-order valence-electron chi connectivity index (χ1n) is 10.4. The zero-order chi connectivity index (χ0) is 20.7. The van der Waals surface area contributed by atoms with Crippen LogP contribution < -0.4 is 9.80 Å². The van der Waals surface area contributed by atoms with Crippen LogP contribution in [0.25, 0.3) is 0 Å². The Morgan fingerprint density at radius 2 is 1.57 bits per heavy atom. The summed E-state index contributed by atoms with van der Waals surface area (Å²) in [6.45, 7) is 2.79. The summed E-state index contributed by atoms with van der Waals surface area (Å²) in [5.74, 6) is -1.07. The summed E-state index contributed by atoms with van der Waals surface area (Å²) in [6.07, 6.45) is 2.65. The number of pyridine rings is 1. The van der Waals surface area contributed by atoms with Gasteiger partial charge in [-0.25, -0.2) is 4.90 Å². The molecule has 2 aromatic carbocycles. The average Bonchev–Trinajstić information content (AvgIpc) is 3.05. The van der Waals surface area contributed by atoms with Crippen molar-refractivity contribution in [3.05, 3.63) is 90.3 Å². The van der Waals surface area contributed by atoms with Gasteiger partial charge in [0.25, 0.3) is 5.91 Å². The minimum absolute atomic E-state index is 0.151. The number of nitrogens with zero attached hydrogens (tertiary/aromatic N) is 3. The maximum Gasteiger partial charge on any atom is 0.257 e. The van der Waals surface area contributed by atoms with E-state index in [9.17, 15) is 9.59 Å². The lowest BCUT2D eigenvalue weighted by Crippen LogP contribution is -2.50. The number of para-hydroxylation sites is 1. The van der Waals surface area contributed by atoms with E-state index in [4.69, 9.17) is 4.98 Å². The molecular weight excluding hydrogens is 374 g/mol. The molecule has 30 heavy (non-hydrogen) atoms. The topological polar surface area (TPSA) is 53.5 Å². The van der Waals surface area contributed by atoms with Crippen molar-refractivity contribution in [3.63, 3.8) is 0 Å². The van der Waals surface area contributed by atoms with Gasteiger partial charge in [-0.2, -0.15) is 0 Å². The van der Waals surface area contributed by atoms with Crippen LogP contribution in [0.2, 0.25) is 0 Å². The van der Waals surface area contributed by atoms with Crippen molar-refractivity contribution >= 4 is 23.2 Å². The van der Waals surface area contributed by atoms with Gasteiger partial charge in [0.05, 0.1) is 23.0 Å². The second kappa shape index (κ2) is 7.41. The van der Waals surface area contributed by atoms with Gasteiger partial charge in [0.15, 0.2) is 0 Å². The van der Waals surface area contributed by atoms with E-state index in [2.05, 4.69) is 11.8 Å². The molecule has 0 unspecified atom stereocenters. The van der Waals surface area contributed by atoms with Gasteiger partial charge in [0, 0.05) is 18.7 Å². The van der Waals surface area contributed by atoms with E-state index < -0.39 is 12.0 Å². The molecule has 5 heteroatoms. The third-order valence-electron chi connectivity index (χ3n) is 6.07.